The molecule has 160 valence electrons. The molecule has 0 unspecified atom stereocenters. The van der Waals surface area contributed by atoms with Gasteiger partial charge in [-0.25, -0.2) is 13.8 Å². The summed E-state index contributed by atoms with van der Waals surface area (Å²) in [5.41, 5.74) is 2.94. The van der Waals surface area contributed by atoms with Gasteiger partial charge in [0.1, 0.15) is 17.3 Å². The van der Waals surface area contributed by atoms with Gasteiger partial charge >= 0.3 is 0 Å². The molecule has 8 heteroatoms. The van der Waals surface area contributed by atoms with E-state index in [-0.39, 0.29) is 24.4 Å². The molecule has 1 aliphatic rings. The van der Waals surface area contributed by atoms with Gasteiger partial charge in [0.15, 0.2) is 0 Å². The van der Waals surface area contributed by atoms with E-state index >= 15 is 0 Å². The van der Waals surface area contributed by atoms with Crippen LogP contribution in [0.4, 0.5) is 8.78 Å². The van der Waals surface area contributed by atoms with Crippen molar-refractivity contribution in [2.45, 2.75) is 19.3 Å². The summed E-state index contributed by atoms with van der Waals surface area (Å²) in [6.45, 7) is 1.40. The van der Waals surface area contributed by atoms with Gasteiger partial charge < -0.3 is 15.2 Å². The van der Waals surface area contributed by atoms with Gasteiger partial charge in [0.2, 0.25) is 5.91 Å². The van der Waals surface area contributed by atoms with Crippen LogP contribution in [0.5, 0.6) is 0 Å². The number of halogens is 2. The molecule has 1 aromatic carbocycles. The van der Waals surface area contributed by atoms with Crippen LogP contribution in [-0.4, -0.2) is 46.3 Å². The normalized spacial score (nSPS) is 13.9. The summed E-state index contributed by atoms with van der Waals surface area (Å²) in [4.78, 5) is 33.7. The third-order valence-corrected chi connectivity index (χ3v) is 5.39. The molecule has 31 heavy (non-hydrogen) atoms. The van der Waals surface area contributed by atoms with Crippen molar-refractivity contribution in [2.24, 2.45) is 0 Å². The van der Waals surface area contributed by atoms with Crippen LogP contribution in [-0.2, 0) is 4.79 Å². The number of aromatic nitrogens is 2. The number of nitrogens with zero attached hydrogens (tertiary/aromatic N) is 2. The minimum Gasteiger partial charge on any atom is -0.352 e. The number of carbonyl (C=O) groups excluding carboxylic acids is 2. The van der Waals surface area contributed by atoms with Crippen molar-refractivity contribution < 1.29 is 18.4 Å². The van der Waals surface area contributed by atoms with Gasteiger partial charge in [-0.1, -0.05) is 6.08 Å². The van der Waals surface area contributed by atoms with Crippen molar-refractivity contribution >= 4 is 28.4 Å². The number of pyridine rings is 1. The Hall–Kier alpha value is -3.55. The first-order valence-electron chi connectivity index (χ1n) is 10.2. The number of rotatable bonds is 6. The minimum absolute atomic E-state index is 0.0121. The fraction of sp³-hybridized carbons (Fsp3) is 0.261. The van der Waals surface area contributed by atoms with Crippen LogP contribution in [0, 0.1) is 11.6 Å². The van der Waals surface area contributed by atoms with Crippen LogP contribution in [0.1, 0.15) is 35.2 Å². The van der Waals surface area contributed by atoms with E-state index in [2.05, 4.69) is 21.4 Å². The summed E-state index contributed by atoms with van der Waals surface area (Å²) in [5.74, 6) is -2.25. The molecular weight excluding hydrogens is 402 g/mol. The lowest BCUT2D eigenvalue weighted by atomic mass is 9.99. The molecule has 3 heterocycles. The molecule has 3 aromatic rings. The number of aromatic amines is 1. The van der Waals surface area contributed by atoms with Crippen LogP contribution in [0.3, 0.4) is 0 Å². The Labute approximate surface area is 178 Å². The van der Waals surface area contributed by atoms with E-state index in [4.69, 9.17) is 0 Å². The van der Waals surface area contributed by atoms with E-state index in [1.165, 1.54) is 5.57 Å². The molecule has 6 nitrogen and oxygen atoms in total. The maximum atomic E-state index is 13.6. The molecule has 0 bridgehead atoms. The number of hydrogen-bond acceptors (Lipinski definition) is 3. The molecule has 0 saturated carbocycles. The summed E-state index contributed by atoms with van der Waals surface area (Å²) >= 11 is 0. The number of benzene rings is 1. The Kier molecular flexibility index (Phi) is 6.06. The van der Waals surface area contributed by atoms with E-state index in [0.29, 0.717) is 25.6 Å². The topological polar surface area (TPSA) is 78.1 Å². The first-order chi connectivity index (χ1) is 15.0. The van der Waals surface area contributed by atoms with Gasteiger partial charge in [-0.15, -0.1) is 0 Å². The van der Waals surface area contributed by atoms with Crippen molar-refractivity contribution in [2.75, 3.05) is 19.6 Å². The lowest BCUT2D eigenvalue weighted by Gasteiger charge is -2.26. The zero-order valence-corrected chi connectivity index (χ0v) is 16.8. The highest BCUT2D eigenvalue weighted by Gasteiger charge is 2.19. The number of amides is 2. The average Bonchev–Trinajstić information content (AvgIpc) is 3.21. The minimum atomic E-state index is -0.907. The predicted molar refractivity (Wildman–Crippen MR) is 113 cm³/mol. The standard InChI is InChI=1S/C23H22F2N4O2/c24-16-5-6-18(20(25)13-16)23(31)27-10-2-4-21(30)29-11-7-15(8-12-29)19-14-28-22-17(19)3-1-9-26-22/h1,3,5-7,9,13-14H,2,4,8,10-12H2,(H,26,28)(H,27,31). The second-order valence-electron chi connectivity index (χ2n) is 7.40. The molecule has 0 spiro atoms. The average molecular weight is 424 g/mol. The van der Waals surface area contributed by atoms with E-state index in [1.54, 1.807) is 11.1 Å². The lowest BCUT2D eigenvalue weighted by Crippen LogP contribution is -2.35. The molecule has 0 fully saturated rings. The smallest absolute Gasteiger partial charge is 0.254 e. The third-order valence-electron chi connectivity index (χ3n) is 5.39. The van der Waals surface area contributed by atoms with Crippen LogP contribution in [0.25, 0.3) is 16.6 Å². The fourth-order valence-electron chi connectivity index (χ4n) is 3.73. The second kappa shape index (κ2) is 9.07. The second-order valence-corrected chi connectivity index (χ2v) is 7.40. The summed E-state index contributed by atoms with van der Waals surface area (Å²) in [5, 5.41) is 3.64. The monoisotopic (exact) mass is 424 g/mol. The van der Waals surface area contributed by atoms with Gasteiger partial charge in [0, 0.05) is 55.5 Å². The zero-order valence-electron chi connectivity index (χ0n) is 16.8. The van der Waals surface area contributed by atoms with Crippen molar-refractivity contribution in [3.63, 3.8) is 0 Å². The summed E-state index contributed by atoms with van der Waals surface area (Å²) in [6, 6.07) is 6.74. The first-order valence-corrected chi connectivity index (χ1v) is 10.2. The Morgan fingerprint density at radius 1 is 1.23 bits per heavy atom. The van der Waals surface area contributed by atoms with Crippen molar-refractivity contribution in [1.82, 2.24) is 20.2 Å². The van der Waals surface area contributed by atoms with Gasteiger partial charge in [-0.05, 0) is 42.7 Å². The van der Waals surface area contributed by atoms with E-state index in [9.17, 15) is 18.4 Å². The molecular formula is C23H22F2N4O2. The van der Waals surface area contributed by atoms with Gasteiger partial charge in [0.05, 0.1) is 5.56 Å². The molecule has 0 radical (unpaired) electrons. The highest BCUT2D eigenvalue weighted by Crippen LogP contribution is 2.28. The van der Waals surface area contributed by atoms with Crippen molar-refractivity contribution in [3.8, 4) is 0 Å². The van der Waals surface area contributed by atoms with Crippen molar-refractivity contribution in [3.05, 3.63) is 71.6 Å². The molecule has 2 N–H and O–H groups in total. The molecule has 0 saturated heterocycles. The number of carbonyl (C=O) groups is 2. The Morgan fingerprint density at radius 2 is 2.10 bits per heavy atom. The first kappa shape index (κ1) is 20.7. The quantitative estimate of drug-likeness (QED) is 0.593. The SMILES string of the molecule is O=C(NCCCC(=O)N1CC=C(c2c[nH]c3ncccc23)CC1)c1ccc(F)cc1F. The van der Waals surface area contributed by atoms with Gasteiger partial charge in [0.25, 0.3) is 5.91 Å². The van der Waals surface area contributed by atoms with Gasteiger partial charge in [-0.2, -0.15) is 0 Å². The Bertz CT molecular complexity index is 1160. The van der Waals surface area contributed by atoms with Crippen LogP contribution in [0.15, 0.2) is 48.8 Å². The molecule has 1 aliphatic heterocycles. The Balaban J connectivity index is 1.25. The zero-order chi connectivity index (χ0) is 21.8. The number of hydrogen-bond donors (Lipinski definition) is 2. The maximum absolute atomic E-state index is 13.6. The highest BCUT2D eigenvalue weighted by molar-refractivity contribution is 5.94. The number of fused-ring (bicyclic) bond motifs is 1. The van der Waals surface area contributed by atoms with E-state index < -0.39 is 17.5 Å². The highest BCUT2D eigenvalue weighted by atomic mass is 19.1. The molecule has 2 aromatic heterocycles. The van der Waals surface area contributed by atoms with Crippen LogP contribution < -0.4 is 5.32 Å². The van der Waals surface area contributed by atoms with Crippen LogP contribution >= 0.6 is 0 Å². The number of H-pyrrole nitrogens is 1. The fourth-order valence-corrected chi connectivity index (χ4v) is 3.73. The molecule has 0 aliphatic carbocycles. The third kappa shape index (κ3) is 4.63. The van der Waals surface area contributed by atoms with Crippen LogP contribution in [0.2, 0.25) is 0 Å². The lowest BCUT2D eigenvalue weighted by molar-refractivity contribution is -0.130. The predicted octanol–water partition coefficient (Wildman–Crippen LogP) is 3.67. The number of nitrogens with one attached hydrogen (secondary N) is 2. The molecule has 0 atom stereocenters. The molecule has 4 rings (SSSR count). The van der Waals surface area contributed by atoms with Crippen molar-refractivity contribution in [1.29, 1.82) is 0 Å². The van der Waals surface area contributed by atoms with E-state index in [0.717, 1.165) is 35.2 Å². The van der Waals surface area contributed by atoms with E-state index in [1.807, 2.05) is 18.3 Å². The Morgan fingerprint density at radius 3 is 2.87 bits per heavy atom. The molecule has 2 amide bonds. The summed E-state index contributed by atoms with van der Waals surface area (Å²) in [6.07, 6.45) is 7.25. The summed E-state index contributed by atoms with van der Waals surface area (Å²) < 4.78 is 26.6. The largest absolute Gasteiger partial charge is 0.352 e. The van der Waals surface area contributed by atoms with Gasteiger partial charge in [-0.3, -0.25) is 9.59 Å². The maximum Gasteiger partial charge on any atom is 0.254 e. The summed E-state index contributed by atoms with van der Waals surface area (Å²) in [7, 11) is 0.